The van der Waals surface area contributed by atoms with Crippen molar-refractivity contribution >= 4 is 11.9 Å². The van der Waals surface area contributed by atoms with Crippen LogP contribution in [0.3, 0.4) is 0 Å². The molecule has 0 bridgehead atoms. The van der Waals surface area contributed by atoms with Gasteiger partial charge in [0.15, 0.2) is 0 Å². The number of hydrogen-bond donors (Lipinski definition) is 1. The van der Waals surface area contributed by atoms with E-state index in [4.69, 9.17) is 4.74 Å². The summed E-state index contributed by atoms with van der Waals surface area (Å²) in [6.07, 6.45) is -2.10. The molecule has 9 heteroatoms. The van der Waals surface area contributed by atoms with Gasteiger partial charge in [0.05, 0.1) is 24.3 Å². The second-order valence-electron chi connectivity index (χ2n) is 7.65. The molecule has 2 heterocycles. The number of hydrogen-bond acceptors (Lipinski definition) is 5. The van der Waals surface area contributed by atoms with Crippen LogP contribution in [-0.2, 0) is 33.6 Å². The van der Waals surface area contributed by atoms with Crippen molar-refractivity contribution in [1.29, 1.82) is 0 Å². The Labute approximate surface area is 166 Å². The molecule has 2 atom stereocenters. The second-order valence-corrected chi connectivity index (χ2v) is 7.65. The molecule has 1 amide bonds. The normalized spacial score (nSPS) is 23.3. The Kier molecular flexibility index (Phi) is 5.02. The number of likely N-dealkylation sites (tertiary alicyclic amines) is 1. The van der Waals surface area contributed by atoms with E-state index < -0.39 is 17.7 Å². The van der Waals surface area contributed by atoms with E-state index in [1.165, 1.54) is 11.0 Å². The number of nitrogens with one attached hydrogen (secondary N) is 1. The van der Waals surface area contributed by atoms with Crippen molar-refractivity contribution < 1.29 is 27.5 Å². The fourth-order valence-electron chi connectivity index (χ4n) is 3.94. The quantitative estimate of drug-likeness (QED) is 0.732. The Balaban J connectivity index is 1.49. The van der Waals surface area contributed by atoms with E-state index in [2.05, 4.69) is 5.43 Å². The van der Waals surface area contributed by atoms with Gasteiger partial charge in [-0.15, -0.1) is 0 Å². The molecule has 2 fully saturated rings. The predicted octanol–water partition coefficient (Wildman–Crippen LogP) is 2.45. The Morgan fingerprint density at radius 2 is 2.10 bits per heavy atom. The molecule has 1 saturated carbocycles. The average molecular weight is 409 g/mol. The van der Waals surface area contributed by atoms with Gasteiger partial charge in [0.25, 0.3) is 0 Å². The van der Waals surface area contributed by atoms with Crippen LogP contribution < -0.4 is 5.43 Å². The zero-order chi connectivity index (χ0) is 20.8. The lowest BCUT2D eigenvalue weighted by Crippen LogP contribution is -2.30. The van der Waals surface area contributed by atoms with Crippen molar-refractivity contribution in [2.24, 2.45) is 11.8 Å². The van der Waals surface area contributed by atoms with E-state index >= 15 is 0 Å². The lowest BCUT2D eigenvalue weighted by molar-refractivity contribution is -0.139. The van der Waals surface area contributed by atoms with Crippen molar-refractivity contribution in [2.45, 2.75) is 32.6 Å². The number of alkyl halides is 3. The Morgan fingerprint density at radius 3 is 2.76 bits per heavy atom. The molecule has 2 aliphatic heterocycles. The van der Waals surface area contributed by atoms with Gasteiger partial charge in [-0.3, -0.25) is 4.79 Å². The van der Waals surface area contributed by atoms with E-state index in [1.54, 1.807) is 24.2 Å². The van der Waals surface area contributed by atoms with Crippen LogP contribution >= 0.6 is 0 Å². The zero-order valence-electron chi connectivity index (χ0n) is 16.0. The summed E-state index contributed by atoms with van der Waals surface area (Å²) in [6, 6.07) is 4.19. The van der Waals surface area contributed by atoms with E-state index in [1.807, 2.05) is 0 Å². The molecule has 0 spiro atoms. The number of piperidine rings is 1. The minimum Gasteiger partial charge on any atom is -0.463 e. The fraction of sp³-hybridized carbons (Fsp3) is 0.500. The summed E-state index contributed by atoms with van der Waals surface area (Å²) in [7, 11) is 0. The van der Waals surface area contributed by atoms with Gasteiger partial charge in [-0.25, -0.2) is 10.2 Å². The zero-order valence-corrected chi connectivity index (χ0v) is 16.0. The van der Waals surface area contributed by atoms with E-state index in [0.717, 1.165) is 12.5 Å². The first kappa shape index (κ1) is 19.8. The van der Waals surface area contributed by atoms with Gasteiger partial charge in [-0.05, 0) is 36.5 Å². The highest BCUT2D eigenvalue weighted by atomic mass is 19.4. The van der Waals surface area contributed by atoms with Gasteiger partial charge in [0.2, 0.25) is 5.91 Å². The van der Waals surface area contributed by atoms with Crippen LogP contribution in [-0.4, -0.2) is 41.5 Å². The maximum absolute atomic E-state index is 13.6. The maximum atomic E-state index is 13.6. The number of esters is 1. The number of nitrogens with zero attached hydrogens (tertiary/aromatic N) is 2. The number of rotatable bonds is 6. The summed E-state index contributed by atoms with van der Waals surface area (Å²) < 4.78 is 45.9. The molecule has 6 nitrogen and oxygen atoms in total. The molecule has 1 N–H and O–H groups in total. The van der Waals surface area contributed by atoms with E-state index in [-0.39, 0.29) is 43.6 Å². The van der Waals surface area contributed by atoms with Crippen molar-refractivity contribution in [3.05, 3.63) is 46.7 Å². The van der Waals surface area contributed by atoms with Crippen LogP contribution in [0.1, 0.15) is 30.0 Å². The number of carbonyl (C=O) groups excluding carboxylic acids is 2. The third-order valence-electron chi connectivity index (χ3n) is 5.52. The first-order valence-electron chi connectivity index (χ1n) is 9.62. The topological polar surface area (TPSA) is 61.9 Å². The maximum Gasteiger partial charge on any atom is 0.416 e. The number of carbonyl (C=O) groups is 2. The lowest BCUT2D eigenvalue weighted by Gasteiger charge is -2.22. The molecule has 0 radical (unpaired) electrons. The highest BCUT2D eigenvalue weighted by molar-refractivity contribution is 5.89. The monoisotopic (exact) mass is 409 g/mol. The standard InChI is InChI=1S/C20H22F3N3O3/c1-2-29-19(28)15-7-24-26(11-15)8-12-3-4-13(17(5-12)20(21,22)23)9-25-10-14-6-16(14)18(25)27/h3-5,11,14,16,24H,2,6-10H2,1H3. The van der Waals surface area contributed by atoms with Crippen LogP contribution in [0, 0.1) is 11.8 Å². The summed E-state index contributed by atoms with van der Waals surface area (Å²) >= 11 is 0. The Hall–Kier alpha value is -2.55. The molecule has 29 heavy (non-hydrogen) atoms. The second kappa shape index (κ2) is 7.37. The number of benzene rings is 1. The summed E-state index contributed by atoms with van der Waals surface area (Å²) in [6.45, 7) is 2.92. The van der Waals surface area contributed by atoms with Crippen molar-refractivity contribution in [1.82, 2.24) is 15.3 Å². The molecular formula is C20H22F3N3O3. The third kappa shape index (κ3) is 4.10. The van der Waals surface area contributed by atoms with Crippen LogP contribution in [0.25, 0.3) is 0 Å². The van der Waals surface area contributed by atoms with Gasteiger partial charge in [0.1, 0.15) is 0 Å². The minimum atomic E-state index is -4.51. The molecule has 1 saturated heterocycles. The van der Waals surface area contributed by atoms with Gasteiger partial charge < -0.3 is 14.6 Å². The highest BCUT2D eigenvalue weighted by Crippen LogP contribution is 2.46. The summed E-state index contributed by atoms with van der Waals surface area (Å²) in [5, 5.41) is 1.57. The Morgan fingerprint density at radius 1 is 1.31 bits per heavy atom. The van der Waals surface area contributed by atoms with Crippen LogP contribution in [0.4, 0.5) is 13.2 Å². The van der Waals surface area contributed by atoms with Gasteiger partial charge in [-0.2, -0.15) is 13.2 Å². The Bertz CT molecular complexity index is 868. The number of hydrazine groups is 1. The molecule has 1 aliphatic carbocycles. The summed E-state index contributed by atoms with van der Waals surface area (Å²) in [5.74, 6) is -0.143. The molecule has 156 valence electrons. The largest absolute Gasteiger partial charge is 0.463 e. The van der Waals surface area contributed by atoms with Crippen molar-refractivity contribution in [3.8, 4) is 0 Å². The van der Waals surface area contributed by atoms with Crippen molar-refractivity contribution in [3.63, 3.8) is 0 Å². The first-order chi connectivity index (χ1) is 13.8. The number of amides is 1. The van der Waals surface area contributed by atoms with Gasteiger partial charge in [0, 0.05) is 31.8 Å². The van der Waals surface area contributed by atoms with Gasteiger partial charge in [-0.1, -0.05) is 12.1 Å². The van der Waals surface area contributed by atoms with Crippen molar-refractivity contribution in [2.75, 3.05) is 19.7 Å². The van der Waals surface area contributed by atoms with Crippen LogP contribution in [0.2, 0.25) is 0 Å². The number of halogens is 3. The summed E-state index contributed by atoms with van der Waals surface area (Å²) in [4.78, 5) is 25.4. The molecule has 1 aromatic rings. The van der Waals surface area contributed by atoms with E-state index in [0.29, 0.717) is 23.6 Å². The highest BCUT2D eigenvalue weighted by Gasteiger charge is 2.52. The first-order valence-corrected chi connectivity index (χ1v) is 9.62. The van der Waals surface area contributed by atoms with Gasteiger partial charge >= 0.3 is 12.1 Å². The average Bonchev–Trinajstić information content (AvgIpc) is 3.15. The third-order valence-corrected chi connectivity index (χ3v) is 5.52. The molecule has 3 aliphatic rings. The molecule has 0 aromatic heterocycles. The SMILES string of the molecule is CCOC(=O)C1=CN(Cc2ccc(CN3CC4CC4C3=O)c(C(F)(F)F)c2)NC1. The van der Waals surface area contributed by atoms with Crippen LogP contribution in [0.15, 0.2) is 30.0 Å². The minimum absolute atomic E-state index is 0.0180. The fourth-order valence-corrected chi connectivity index (χ4v) is 3.94. The molecular weight excluding hydrogens is 387 g/mol. The van der Waals surface area contributed by atoms with E-state index in [9.17, 15) is 22.8 Å². The van der Waals surface area contributed by atoms with Crippen LogP contribution in [0.5, 0.6) is 0 Å². The smallest absolute Gasteiger partial charge is 0.416 e. The number of ether oxygens (including phenoxy) is 1. The number of fused-ring (bicyclic) bond motifs is 1. The molecule has 2 unspecified atom stereocenters. The summed E-state index contributed by atoms with van der Waals surface area (Å²) in [5.41, 5.74) is 3.20. The predicted molar refractivity (Wildman–Crippen MR) is 96.7 cm³/mol. The molecule has 1 aromatic carbocycles. The molecule has 4 rings (SSSR count). The lowest BCUT2D eigenvalue weighted by atomic mass is 10.0.